The summed E-state index contributed by atoms with van der Waals surface area (Å²) in [6, 6.07) is 19.5. The van der Waals surface area contributed by atoms with Gasteiger partial charge in [-0.3, -0.25) is 4.79 Å². The van der Waals surface area contributed by atoms with Crippen molar-refractivity contribution < 1.29 is 9.53 Å². The molecule has 1 aliphatic carbocycles. The third-order valence-electron chi connectivity index (χ3n) is 7.47. The zero-order valence-electron chi connectivity index (χ0n) is 17.9. The second kappa shape index (κ2) is 7.19. The van der Waals surface area contributed by atoms with Crippen LogP contribution in [0.4, 0.5) is 5.69 Å². The molecule has 4 heteroatoms. The van der Waals surface area contributed by atoms with E-state index in [1.807, 2.05) is 4.90 Å². The highest BCUT2D eigenvalue weighted by atomic mass is 16.5. The van der Waals surface area contributed by atoms with Gasteiger partial charge in [-0.25, -0.2) is 0 Å². The van der Waals surface area contributed by atoms with Gasteiger partial charge in [-0.1, -0.05) is 42.0 Å². The van der Waals surface area contributed by atoms with E-state index in [0.717, 1.165) is 44.8 Å². The van der Waals surface area contributed by atoms with Crippen LogP contribution in [0.25, 0.3) is 0 Å². The molecule has 2 atom stereocenters. The van der Waals surface area contributed by atoms with Gasteiger partial charge in [0.2, 0.25) is 5.91 Å². The number of rotatable bonds is 4. The molecule has 0 unspecified atom stereocenters. The Labute approximate surface area is 179 Å². The Hall–Kier alpha value is -2.75. The fourth-order valence-corrected chi connectivity index (χ4v) is 5.73. The van der Waals surface area contributed by atoms with Crippen LogP contribution in [0.5, 0.6) is 5.75 Å². The van der Waals surface area contributed by atoms with E-state index in [2.05, 4.69) is 65.6 Å². The molecule has 3 aliphatic rings. The molecule has 2 aromatic carbocycles. The summed E-state index contributed by atoms with van der Waals surface area (Å²) in [5.41, 5.74) is 4.64. The SMILES string of the molecule is COc1ccc(N2C[C@]3(C=C4CCN(C(C)=O)CC4)C[C@]3(c3ccccc3)C2)cc1. The Balaban J connectivity index is 1.44. The van der Waals surface area contributed by atoms with Crippen LogP contribution in [-0.4, -0.2) is 44.1 Å². The highest BCUT2D eigenvalue weighted by molar-refractivity contribution is 5.73. The third-order valence-corrected chi connectivity index (χ3v) is 7.47. The van der Waals surface area contributed by atoms with Gasteiger partial charge in [0.15, 0.2) is 0 Å². The molecule has 0 N–H and O–H groups in total. The van der Waals surface area contributed by atoms with Crippen molar-refractivity contribution in [3.8, 4) is 5.75 Å². The maximum absolute atomic E-state index is 11.7. The predicted molar refractivity (Wildman–Crippen MR) is 120 cm³/mol. The molecule has 1 amide bonds. The molecule has 156 valence electrons. The average molecular weight is 403 g/mol. The molecular weight excluding hydrogens is 372 g/mol. The number of methoxy groups -OCH3 is 1. The molecule has 5 rings (SSSR count). The summed E-state index contributed by atoms with van der Waals surface area (Å²) >= 11 is 0. The maximum atomic E-state index is 11.7. The number of carbonyl (C=O) groups is 1. The van der Waals surface area contributed by atoms with E-state index in [9.17, 15) is 4.79 Å². The number of amides is 1. The normalized spacial score (nSPS) is 27.6. The Kier molecular flexibility index (Phi) is 4.61. The number of piperidine rings is 2. The smallest absolute Gasteiger partial charge is 0.219 e. The van der Waals surface area contributed by atoms with Crippen molar-refractivity contribution in [3.05, 3.63) is 71.8 Å². The summed E-state index contributed by atoms with van der Waals surface area (Å²) in [5.74, 6) is 1.10. The lowest BCUT2D eigenvalue weighted by Crippen LogP contribution is -2.34. The standard InChI is InChI=1S/C26H30N2O2/c1-20(29)27-14-12-21(13-15-27)16-25-17-26(25,22-6-4-3-5-7-22)19-28(18-25)23-8-10-24(30-2)11-9-23/h3-11,16H,12-15,17-19H2,1-2H3/t25-,26+/m0/s1. The number of hydrogen-bond donors (Lipinski definition) is 0. The number of ether oxygens (including phenoxy) is 1. The van der Waals surface area contributed by atoms with Gasteiger partial charge in [0.25, 0.3) is 0 Å². The quantitative estimate of drug-likeness (QED) is 0.710. The van der Waals surface area contributed by atoms with Crippen molar-refractivity contribution in [1.82, 2.24) is 4.90 Å². The van der Waals surface area contributed by atoms with Crippen LogP contribution in [-0.2, 0) is 10.2 Å². The number of anilines is 1. The van der Waals surface area contributed by atoms with Gasteiger partial charge in [0, 0.05) is 49.6 Å². The van der Waals surface area contributed by atoms with Gasteiger partial charge < -0.3 is 14.5 Å². The van der Waals surface area contributed by atoms with Crippen LogP contribution < -0.4 is 9.64 Å². The fraction of sp³-hybridized carbons (Fsp3) is 0.423. The first kappa shape index (κ1) is 19.2. The topological polar surface area (TPSA) is 32.8 Å². The summed E-state index contributed by atoms with van der Waals surface area (Å²) < 4.78 is 5.34. The first-order chi connectivity index (χ1) is 14.6. The lowest BCUT2D eigenvalue weighted by atomic mass is 9.86. The van der Waals surface area contributed by atoms with Gasteiger partial charge in [-0.15, -0.1) is 0 Å². The van der Waals surface area contributed by atoms with E-state index in [1.165, 1.54) is 23.2 Å². The molecule has 4 nitrogen and oxygen atoms in total. The van der Waals surface area contributed by atoms with Crippen LogP contribution in [0.1, 0.15) is 31.7 Å². The van der Waals surface area contributed by atoms with Gasteiger partial charge in [-0.05, 0) is 49.1 Å². The molecule has 2 aromatic rings. The summed E-state index contributed by atoms with van der Waals surface area (Å²) in [5, 5.41) is 0. The Morgan fingerprint density at radius 1 is 1.00 bits per heavy atom. The molecule has 0 bridgehead atoms. The van der Waals surface area contributed by atoms with Crippen LogP contribution in [0, 0.1) is 5.41 Å². The minimum absolute atomic E-state index is 0.193. The fourth-order valence-electron chi connectivity index (χ4n) is 5.73. The highest BCUT2D eigenvalue weighted by Gasteiger charge is 2.71. The molecule has 2 aliphatic heterocycles. The minimum Gasteiger partial charge on any atom is -0.497 e. The van der Waals surface area contributed by atoms with E-state index in [0.29, 0.717) is 0 Å². The third kappa shape index (κ3) is 3.10. The van der Waals surface area contributed by atoms with Crippen LogP contribution in [0.15, 0.2) is 66.2 Å². The molecule has 0 spiro atoms. The van der Waals surface area contributed by atoms with Crippen molar-refractivity contribution in [2.75, 3.05) is 38.2 Å². The molecule has 2 heterocycles. The Morgan fingerprint density at radius 2 is 1.70 bits per heavy atom. The molecule has 0 aromatic heterocycles. The Morgan fingerprint density at radius 3 is 2.33 bits per heavy atom. The number of benzene rings is 2. The molecule has 1 saturated carbocycles. The van der Waals surface area contributed by atoms with Crippen LogP contribution in [0.2, 0.25) is 0 Å². The van der Waals surface area contributed by atoms with E-state index < -0.39 is 0 Å². The molecule has 2 saturated heterocycles. The van der Waals surface area contributed by atoms with E-state index in [-0.39, 0.29) is 16.7 Å². The number of hydrogen-bond acceptors (Lipinski definition) is 3. The van der Waals surface area contributed by atoms with Gasteiger partial charge >= 0.3 is 0 Å². The van der Waals surface area contributed by atoms with Crippen molar-refractivity contribution in [3.63, 3.8) is 0 Å². The second-order valence-electron chi connectivity index (χ2n) is 9.14. The average Bonchev–Trinajstić information content (AvgIpc) is 3.29. The largest absolute Gasteiger partial charge is 0.497 e. The summed E-state index contributed by atoms with van der Waals surface area (Å²) in [4.78, 5) is 16.2. The van der Waals surface area contributed by atoms with Crippen molar-refractivity contribution in [1.29, 1.82) is 0 Å². The van der Waals surface area contributed by atoms with Gasteiger partial charge in [-0.2, -0.15) is 0 Å². The van der Waals surface area contributed by atoms with Crippen molar-refractivity contribution in [2.45, 2.75) is 31.6 Å². The Bertz CT molecular complexity index is 958. The number of carbonyl (C=O) groups excluding carboxylic acids is 1. The van der Waals surface area contributed by atoms with Gasteiger partial charge in [0.05, 0.1) is 7.11 Å². The first-order valence-electron chi connectivity index (χ1n) is 11.0. The zero-order chi connectivity index (χ0) is 20.8. The summed E-state index contributed by atoms with van der Waals surface area (Å²) in [6.07, 6.45) is 5.83. The summed E-state index contributed by atoms with van der Waals surface area (Å²) in [7, 11) is 1.71. The maximum Gasteiger partial charge on any atom is 0.219 e. The summed E-state index contributed by atoms with van der Waals surface area (Å²) in [6.45, 7) is 5.49. The number of fused-ring (bicyclic) bond motifs is 1. The molecule has 3 fully saturated rings. The van der Waals surface area contributed by atoms with Crippen LogP contribution >= 0.6 is 0 Å². The van der Waals surface area contributed by atoms with E-state index in [4.69, 9.17) is 4.74 Å². The van der Waals surface area contributed by atoms with Gasteiger partial charge in [0.1, 0.15) is 5.75 Å². The minimum atomic E-state index is 0.193. The molecule has 0 radical (unpaired) electrons. The number of nitrogens with zero attached hydrogens (tertiary/aromatic N) is 2. The lowest BCUT2D eigenvalue weighted by molar-refractivity contribution is -0.129. The van der Waals surface area contributed by atoms with Crippen LogP contribution in [0.3, 0.4) is 0 Å². The van der Waals surface area contributed by atoms with E-state index >= 15 is 0 Å². The predicted octanol–water partition coefficient (Wildman–Crippen LogP) is 4.41. The van der Waals surface area contributed by atoms with Crippen molar-refractivity contribution in [2.24, 2.45) is 5.41 Å². The second-order valence-corrected chi connectivity index (χ2v) is 9.14. The zero-order valence-corrected chi connectivity index (χ0v) is 17.9. The highest BCUT2D eigenvalue weighted by Crippen LogP contribution is 2.70. The molecular formula is C26H30N2O2. The van der Waals surface area contributed by atoms with E-state index in [1.54, 1.807) is 14.0 Å². The molecule has 30 heavy (non-hydrogen) atoms. The first-order valence-corrected chi connectivity index (χ1v) is 11.0. The lowest BCUT2D eigenvalue weighted by Gasteiger charge is -2.28. The monoisotopic (exact) mass is 402 g/mol. The number of likely N-dealkylation sites (tertiary alicyclic amines) is 1. The van der Waals surface area contributed by atoms with Crippen molar-refractivity contribution >= 4 is 11.6 Å².